The molecule has 0 saturated heterocycles. The molecule has 0 unspecified atom stereocenters. The Labute approximate surface area is 125 Å². The van der Waals surface area contributed by atoms with Gasteiger partial charge in [-0.3, -0.25) is 0 Å². The number of benzene rings is 1. The molecule has 1 heterocycles. The summed E-state index contributed by atoms with van der Waals surface area (Å²) >= 11 is 0. The monoisotopic (exact) mass is 287 g/mol. The highest BCUT2D eigenvalue weighted by Crippen LogP contribution is 2.30. The number of anilines is 1. The van der Waals surface area contributed by atoms with E-state index in [1.165, 1.54) is 0 Å². The average molecular weight is 287 g/mol. The van der Waals surface area contributed by atoms with Crippen LogP contribution in [0.1, 0.15) is 26.6 Å². The molecule has 0 bridgehead atoms. The molecule has 112 valence electrons. The summed E-state index contributed by atoms with van der Waals surface area (Å²) in [6.07, 6.45) is 0. The maximum atomic E-state index is 5.92. The largest absolute Gasteiger partial charge is 0.497 e. The average Bonchev–Trinajstić information content (AvgIpc) is 2.45. The third kappa shape index (κ3) is 3.42. The van der Waals surface area contributed by atoms with Gasteiger partial charge in [0, 0.05) is 23.1 Å². The van der Waals surface area contributed by atoms with E-state index in [-0.39, 0.29) is 5.41 Å². The molecule has 0 radical (unpaired) electrons. The first-order chi connectivity index (χ1) is 9.83. The van der Waals surface area contributed by atoms with Crippen LogP contribution in [0.15, 0.2) is 24.3 Å². The Morgan fingerprint density at radius 3 is 1.95 bits per heavy atom. The molecular formula is C16H21N3O2. The van der Waals surface area contributed by atoms with Gasteiger partial charge in [0.2, 0.25) is 0 Å². The third-order valence-corrected chi connectivity index (χ3v) is 3.06. The molecule has 2 aromatic rings. The van der Waals surface area contributed by atoms with E-state index in [0.717, 1.165) is 11.3 Å². The number of nitrogen functional groups attached to an aromatic ring is 1. The normalized spacial score (nSPS) is 11.3. The number of hydrogen-bond donors (Lipinski definition) is 1. The van der Waals surface area contributed by atoms with Crippen molar-refractivity contribution in [2.24, 2.45) is 0 Å². The lowest BCUT2D eigenvalue weighted by Gasteiger charge is -2.18. The number of methoxy groups -OCH3 is 2. The van der Waals surface area contributed by atoms with Crippen molar-refractivity contribution in [1.82, 2.24) is 9.97 Å². The number of aromatic nitrogens is 2. The summed E-state index contributed by atoms with van der Waals surface area (Å²) in [5.41, 5.74) is 7.38. The minimum atomic E-state index is -0.174. The molecule has 5 nitrogen and oxygen atoms in total. The van der Waals surface area contributed by atoms with Crippen LogP contribution in [0.5, 0.6) is 11.5 Å². The highest BCUT2D eigenvalue weighted by atomic mass is 16.5. The van der Waals surface area contributed by atoms with Crippen molar-refractivity contribution in [3.05, 3.63) is 30.1 Å². The van der Waals surface area contributed by atoms with Crippen molar-refractivity contribution in [2.45, 2.75) is 26.2 Å². The van der Waals surface area contributed by atoms with E-state index in [1.54, 1.807) is 20.3 Å². The first-order valence-corrected chi connectivity index (χ1v) is 6.72. The van der Waals surface area contributed by atoms with Crippen LogP contribution in [0.3, 0.4) is 0 Å². The smallest absolute Gasteiger partial charge is 0.136 e. The maximum Gasteiger partial charge on any atom is 0.136 e. The van der Waals surface area contributed by atoms with Crippen LogP contribution >= 0.6 is 0 Å². The molecule has 1 aromatic heterocycles. The van der Waals surface area contributed by atoms with Crippen molar-refractivity contribution in [1.29, 1.82) is 0 Å². The molecule has 0 fully saturated rings. The van der Waals surface area contributed by atoms with Gasteiger partial charge in [0.15, 0.2) is 0 Å². The topological polar surface area (TPSA) is 70.3 Å². The van der Waals surface area contributed by atoms with Crippen LogP contribution in [0.2, 0.25) is 0 Å². The van der Waals surface area contributed by atoms with Gasteiger partial charge in [0.05, 0.1) is 19.9 Å². The number of rotatable bonds is 3. The number of nitrogens with zero attached hydrogens (tertiary/aromatic N) is 2. The van der Waals surface area contributed by atoms with Crippen molar-refractivity contribution in [2.75, 3.05) is 20.0 Å². The van der Waals surface area contributed by atoms with Crippen LogP contribution in [-0.4, -0.2) is 24.2 Å². The minimum absolute atomic E-state index is 0.174. The summed E-state index contributed by atoms with van der Waals surface area (Å²) in [5, 5.41) is 0. The van der Waals surface area contributed by atoms with Gasteiger partial charge in [0.25, 0.3) is 0 Å². The van der Waals surface area contributed by atoms with Gasteiger partial charge in [-0.1, -0.05) is 20.8 Å². The molecule has 2 N–H and O–H groups in total. The van der Waals surface area contributed by atoms with Crippen molar-refractivity contribution in [3.8, 4) is 22.8 Å². The zero-order valence-corrected chi connectivity index (χ0v) is 13.1. The second-order valence-corrected chi connectivity index (χ2v) is 5.85. The maximum absolute atomic E-state index is 5.92. The molecular weight excluding hydrogens is 266 g/mol. The van der Waals surface area contributed by atoms with Crippen LogP contribution in [0.4, 0.5) is 5.82 Å². The fourth-order valence-electron chi connectivity index (χ4n) is 1.90. The Kier molecular flexibility index (Phi) is 4.02. The lowest BCUT2D eigenvalue weighted by atomic mass is 9.95. The lowest BCUT2D eigenvalue weighted by Crippen LogP contribution is -2.17. The molecule has 2 rings (SSSR count). The van der Waals surface area contributed by atoms with Crippen molar-refractivity contribution < 1.29 is 9.47 Å². The molecule has 0 spiro atoms. The summed E-state index contributed by atoms with van der Waals surface area (Å²) in [6, 6.07) is 7.37. The Morgan fingerprint density at radius 1 is 0.905 bits per heavy atom. The molecule has 0 aliphatic heterocycles. The lowest BCUT2D eigenvalue weighted by molar-refractivity contribution is 0.394. The van der Waals surface area contributed by atoms with Gasteiger partial charge in [-0.25, -0.2) is 9.97 Å². The first kappa shape index (κ1) is 15.1. The van der Waals surface area contributed by atoms with Crippen molar-refractivity contribution >= 4 is 5.82 Å². The minimum Gasteiger partial charge on any atom is -0.497 e. The molecule has 0 amide bonds. The van der Waals surface area contributed by atoms with E-state index in [9.17, 15) is 0 Å². The van der Waals surface area contributed by atoms with Gasteiger partial charge < -0.3 is 15.2 Å². The van der Waals surface area contributed by atoms with Gasteiger partial charge in [0.1, 0.15) is 23.1 Å². The molecule has 0 saturated carbocycles. The fraction of sp³-hybridized carbons (Fsp3) is 0.375. The standard InChI is InChI=1S/C16H21N3O2/c1-16(2,3)15-18-13(9-14(17)19-15)10-6-11(20-4)8-12(7-10)21-5/h6-9H,1-5H3,(H2,17,18,19). The summed E-state index contributed by atoms with van der Waals surface area (Å²) in [6.45, 7) is 6.16. The third-order valence-electron chi connectivity index (χ3n) is 3.06. The van der Waals surface area contributed by atoms with E-state index in [0.29, 0.717) is 23.1 Å². The number of nitrogens with two attached hydrogens (primary N) is 1. The molecule has 0 aliphatic rings. The number of ether oxygens (including phenoxy) is 2. The Hall–Kier alpha value is -2.30. The summed E-state index contributed by atoms with van der Waals surface area (Å²) < 4.78 is 10.6. The van der Waals surface area contributed by atoms with Gasteiger partial charge in [-0.05, 0) is 12.1 Å². The molecule has 21 heavy (non-hydrogen) atoms. The molecule has 5 heteroatoms. The van der Waals surface area contributed by atoms with Crippen LogP contribution in [0.25, 0.3) is 11.3 Å². The summed E-state index contributed by atoms with van der Waals surface area (Å²) in [5.74, 6) is 2.57. The highest BCUT2D eigenvalue weighted by molar-refractivity contribution is 5.66. The van der Waals surface area contributed by atoms with Crippen LogP contribution < -0.4 is 15.2 Å². The zero-order valence-electron chi connectivity index (χ0n) is 13.1. The van der Waals surface area contributed by atoms with Gasteiger partial charge in [-0.2, -0.15) is 0 Å². The van der Waals surface area contributed by atoms with E-state index >= 15 is 0 Å². The number of hydrogen-bond acceptors (Lipinski definition) is 5. The molecule has 1 aromatic carbocycles. The van der Waals surface area contributed by atoms with Gasteiger partial charge in [-0.15, -0.1) is 0 Å². The second kappa shape index (κ2) is 5.60. The fourth-order valence-corrected chi connectivity index (χ4v) is 1.90. The Balaban J connectivity index is 2.58. The van der Waals surface area contributed by atoms with E-state index in [4.69, 9.17) is 15.2 Å². The quantitative estimate of drug-likeness (QED) is 0.939. The summed E-state index contributed by atoms with van der Waals surface area (Å²) in [7, 11) is 3.24. The Morgan fingerprint density at radius 2 is 1.48 bits per heavy atom. The zero-order chi connectivity index (χ0) is 15.6. The van der Waals surface area contributed by atoms with E-state index in [2.05, 4.69) is 30.7 Å². The molecule has 0 aliphatic carbocycles. The van der Waals surface area contributed by atoms with Crippen LogP contribution in [-0.2, 0) is 5.41 Å². The van der Waals surface area contributed by atoms with E-state index in [1.807, 2.05) is 18.2 Å². The van der Waals surface area contributed by atoms with Gasteiger partial charge >= 0.3 is 0 Å². The first-order valence-electron chi connectivity index (χ1n) is 6.72. The SMILES string of the molecule is COc1cc(OC)cc(-c2cc(N)nc(C(C)(C)C)n2)c1. The molecule has 0 atom stereocenters. The second-order valence-electron chi connectivity index (χ2n) is 5.85. The Bertz CT molecular complexity index is 626. The van der Waals surface area contributed by atoms with Crippen molar-refractivity contribution in [3.63, 3.8) is 0 Å². The van der Waals surface area contributed by atoms with E-state index < -0.39 is 0 Å². The predicted molar refractivity (Wildman–Crippen MR) is 83.7 cm³/mol. The predicted octanol–water partition coefficient (Wildman–Crippen LogP) is 3.04. The highest BCUT2D eigenvalue weighted by Gasteiger charge is 2.19. The summed E-state index contributed by atoms with van der Waals surface area (Å²) in [4.78, 5) is 8.94. The van der Waals surface area contributed by atoms with Crippen LogP contribution in [0, 0.1) is 0 Å².